The highest BCUT2D eigenvalue weighted by Gasteiger charge is 2.35. The van der Waals surface area contributed by atoms with E-state index in [-0.39, 0.29) is 87.5 Å². The number of nitrogens with two attached hydrogens (primary N) is 6. The van der Waals surface area contributed by atoms with Gasteiger partial charge < -0.3 is 71.4 Å². The van der Waals surface area contributed by atoms with Gasteiger partial charge in [-0.3, -0.25) is 43.5 Å². The van der Waals surface area contributed by atoms with Crippen LogP contribution in [0.2, 0.25) is 0 Å². The standard InChI is InChI=1S/C47H76N14O8/c1-5-29(4)39(45(69)57-33(40(49)64)15-9-10-22-48)61-42(66)35(17-12-24-55-47(52)53)58-43(67)37(27-31-18-20-32(62)21-19-31)60-44(68)36(26-30-13-7-6-8-14-30)59-41(65)34(16-11-23-54-46(50)51)56-38(63)25-28(2)3/h6-8,13-14,18-21,28-29,33-37,39,62H,5,9-12,15-17,22-27,48H2,1-4H3,(H2,49,64)(H,56,63)(H,57,69)(H,58,67)(H,59,65)(H,60,68)(H,61,66)(H4,50,51,54)(H4,52,53,55)/t29-,33-,34-,35-,36-,37-,39-/m0/s1. The minimum absolute atomic E-state index is 0.00829. The summed E-state index contributed by atoms with van der Waals surface area (Å²) in [5, 5.41) is 26.5. The summed E-state index contributed by atoms with van der Waals surface area (Å²) < 4.78 is 0. The number of primary amides is 1. The number of benzene rings is 2. The number of nitrogens with zero attached hydrogens (tertiary/aromatic N) is 2. The van der Waals surface area contributed by atoms with Crippen molar-refractivity contribution < 1.29 is 38.7 Å². The van der Waals surface area contributed by atoms with Crippen LogP contribution in [-0.4, -0.2) is 114 Å². The Morgan fingerprint density at radius 1 is 0.551 bits per heavy atom. The smallest absolute Gasteiger partial charge is 0.243 e. The Morgan fingerprint density at radius 2 is 1.00 bits per heavy atom. The molecule has 0 saturated carbocycles. The van der Waals surface area contributed by atoms with Crippen LogP contribution in [0.5, 0.6) is 5.75 Å². The van der Waals surface area contributed by atoms with E-state index in [1.54, 1.807) is 49.4 Å². The minimum atomic E-state index is -1.38. The van der Waals surface area contributed by atoms with E-state index in [9.17, 15) is 38.7 Å². The number of unbranched alkanes of at least 4 members (excludes halogenated alkanes) is 1. The highest BCUT2D eigenvalue weighted by molar-refractivity contribution is 5.97. The maximum absolute atomic E-state index is 14.6. The molecule has 0 saturated heterocycles. The Morgan fingerprint density at radius 3 is 1.48 bits per heavy atom. The highest BCUT2D eigenvalue weighted by Crippen LogP contribution is 2.15. The van der Waals surface area contributed by atoms with Crippen molar-refractivity contribution in [2.24, 2.45) is 56.2 Å². The van der Waals surface area contributed by atoms with Gasteiger partial charge >= 0.3 is 0 Å². The van der Waals surface area contributed by atoms with Gasteiger partial charge in [0.1, 0.15) is 42.0 Å². The molecular formula is C47H76N14O8. The summed E-state index contributed by atoms with van der Waals surface area (Å²) in [6.07, 6.45) is 2.41. The molecule has 69 heavy (non-hydrogen) atoms. The summed E-state index contributed by atoms with van der Waals surface area (Å²) >= 11 is 0. The average molecular weight is 965 g/mol. The third-order valence-electron chi connectivity index (χ3n) is 11.1. The van der Waals surface area contributed by atoms with Crippen molar-refractivity contribution in [2.45, 2.75) is 135 Å². The van der Waals surface area contributed by atoms with Crippen molar-refractivity contribution in [3.63, 3.8) is 0 Å². The first kappa shape index (κ1) is 58.2. The molecule has 0 radical (unpaired) electrons. The maximum Gasteiger partial charge on any atom is 0.243 e. The van der Waals surface area contributed by atoms with Gasteiger partial charge in [0.2, 0.25) is 41.4 Å². The van der Waals surface area contributed by atoms with E-state index in [1.165, 1.54) is 12.1 Å². The first-order chi connectivity index (χ1) is 32.7. The van der Waals surface area contributed by atoms with Crippen LogP contribution >= 0.6 is 0 Å². The molecule has 0 spiro atoms. The van der Waals surface area contributed by atoms with Crippen LogP contribution in [0.25, 0.3) is 0 Å². The number of hydrogen-bond acceptors (Lipinski definition) is 11. The summed E-state index contributed by atoms with van der Waals surface area (Å²) in [4.78, 5) is 104. The molecule has 0 aliphatic heterocycles. The minimum Gasteiger partial charge on any atom is -0.508 e. The number of aromatic hydroxyl groups is 1. The number of nitrogens with one attached hydrogen (secondary N) is 6. The summed E-state index contributed by atoms with van der Waals surface area (Å²) in [7, 11) is 0. The second-order valence-corrected chi connectivity index (χ2v) is 17.5. The van der Waals surface area contributed by atoms with Gasteiger partial charge in [-0.05, 0) is 86.6 Å². The number of carbonyl (C=O) groups excluding carboxylic acids is 7. The molecule has 7 atom stereocenters. The van der Waals surface area contributed by atoms with Gasteiger partial charge in [0.15, 0.2) is 11.9 Å². The molecule has 7 amide bonds. The normalized spacial score (nSPS) is 14.0. The number of phenols is 1. The lowest BCUT2D eigenvalue weighted by Gasteiger charge is -2.29. The maximum atomic E-state index is 14.6. The first-order valence-corrected chi connectivity index (χ1v) is 23.5. The Balaban J connectivity index is 2.57. The molecule has 0 aliphatic carbocycles. The Labute approximate surface area is 404 Å². The fourth-order valence-corrected chi connectivity index (χ4v) is 7.12. The number of guanidine groups is 2. The molecule has 2 aromatic rings. The molecule has 19 N–H and O–H groups in total. The molecule has 22 nitrogen and oxygen atoms in total. The lowest BCUT2D eigenvalue weighted by molar-refractivity contribution is -0.136. The topological polar surface area (TPSA) is 393 Å². The van der Waals surface area contributed by atoms with Gasteiger partial charge in [-0.15, -0.1) is 0 Å². The van der Waals surface area contributed by atoms with E-state index in [1.807, 2.05) is 20.8 Å². The lowest BCUT2D eigenvalue weighted by Crippen LogP contribution is -2.61. The zero-order chi connectivity index (χ0) is 51.5. The number of rotatable bonds is 32. The monoisotopic (exact) mass is 965 g/mol. The summed E-state index contributed by atoms with van der Waals surface area (Å²) in [5.74, 6) is -5.57. The van der Waals surface area contributed by atoms with Crippen LogP contribution in [-0.2, 0) is 46.4 Å². The molecule has 2 rings (SSSR count). The number of carbonyl (C=O) groups is 7. The third kappa shape index (κ3) is 23.1. The fraction of sp³-hybridized carbons (Fsp3) is 0.553. The van der Waals surface area contributed by atoms with Crippen molar-refractivity contribution in [2.75, 3.05) is 19.6 Å². The zero-order valence-electron chi connectivity index (χ0n) is 40.4. The molecule has 0 unspecified atom stereocenters. The van der Waals surface area contributed by atoms with Gasteiger partial charge in [0, 0.05) is 32.4 Å². The quantitative estimate of drug-likeness (QED) is 0.0236. The highest BCUT2D eigenvalue weighted by atomic mass is 16.3. The molecular weight excluding hydrogens is 889 g/mol. The predicted octanol–water partition coefficient (Wildman–Crippen LogP) is -1.10. The first-order valence-electron chi connectivity index (χ1n) is 23.5. The summed E-state index contributed by atoms with van der Waals surface area (Å²) in [6, 6.07) is 7.54. The second-order valence-electron chi connectivity index (χ2n) is 17.5. The van der Waals surface area contributed by atoms with Crippen molar-refractivity contribution in [1.82, 2.24) is 31.9 Å². The second kappa shape index (κ2) is 31.1. The van der Waals surface area contributed by atoms with E-state index in [0.717, 1.165) is 0 Å². The molecule has 0 aliphatic rings. The Hall–Kier alpha value is -6.97. The Bertz CT molecular complexity index is 2010. The molecule has 2 aromatic carbocycles. The SMILES string of the molecule is CC[C@H](C)[C@H](NC(=O)[C@H](CCCN=C(N)N)NC(=O)[C@H](Cc1ccc(O)cc1)NC(=O)[C@H](Cc1ccccc1)NC(=O)[C@H](CCCN=C(N)N)NC(=O)CC(C)C)C(=O)N[C@@H](CCCCN)C(N)=O. The van der Waals surface area contributed by atoms with Crippen LogP contribution in [0, 0.1) is 11.8 Å². The van der Waals surface area contributed by atoms with Crippen molar-refractivity contribution in [3.05, 3.63) is 65.7 Å². The Kier molecular flexibility index (Phi) is 26.3. The van der Waals surface area contributed by atoms with Crippen LogP contribution in [0.15, 0.2) is 64.6 Å². The number of amides is 7. The summed E-state index contributed by atoms with van der Waals surface area (Å²) in [5.41, 5.74) is 34.5. The van der Waals surface area contributed by atoms with Crippen molar-refractivity contribution >= 4 is 53.3 Å². The van der Waals surface area contributed by atoms with Crippen LogP contribution in [0.4, 0.5) is 0 Å². The van der Waals surface area contributed by atoms with E-state index in [0.29, 0.717) is 43.4 Å². The molecule has 382 valence electrons. The van der Waals surface area contributed by atoms with E-state index in [2.05, 4.69) is 41.9 Å². The lowest BCUT2D eigenvalue weighted by atomic mass is 9.96. The van der Waals surface area contributed by atoms with Gasteiger partial charge in [0.25, 0.3) is 0 Å². The van der Waals surface area contributed by atoms with E-state index < -0.39 is 77.6 Å². The van der Waals surface area contributed by atoms with Crippen LogP contribution < -0.4 is 66.3 Å². The zero-order valence-corrected chi connectivity index (χ0v) is 40.4. The molecule has 0 heterocycles. The largest absolute Gasteiger partial charge is 0.508 e. The van der Waals surface area contributed by atoms with Crippen molar-refractivity contribution in [1.29, 1.82) is 0 Å². The van der Waals surface area contributed by atoms with Crippen molar-refractivity contribution in [3.8, 4) is 5.75 Å². The molecule has 22 heteroatoms. The van der Waals surface area contributed by atoms with Gasteiger partial charge in [-0.1, -0.05) is 76.6 Å². The van der Waals surface area contributed by atoms with Crippen LogP contribution in [0.3, 0.4) is 0 Å². The summed E-state index contributed by atoms with van der Waals surface area (Å²) in [6.45, 7) is 7.93. The van der Waals surface area contributed by atoms with Gasteiger partial charge in [-0.25, -0.2) is 0 Å². The van der Waals surface area contributed by atoms with E-state index in [4.69, 9.17) is 34.4 Å². The average Bonchev–Trinajstić information content (AvgIpc) is 3.29. The third-order valence-corrected chi connectivity index (χ3v) is 11.1. The molecule has 0 bridgehead atoms. The van der Waals surface area contributed by atoms with E-state index >= 15 is 0 Å². The number of hydrogen-bond donors (Lipinski definition) is 13. The number of aliphatic imine (C=N–C) groups is 2. The molecule has 0 aromatic heterocycles. The predicted molar refractivity (Wildman–Crippen MR) is 264 cm³/mol. The van der Waals surface area contributed by atoms with Crippen LogP contribution in [0.1, 0.15) is 96.6 Å². The molecule has 0 fully saturated rings. The fourth-order valence-electron chi connectivity index (χ4n) is 7.12. The van der Waals surface area contributed by atoms with Gasteiger partial charge in [-0.2, -0.15) is 0 Å². The van der Waals surface area contributed by atoms with Gasteiger partial charge in [0.05, 0.1) is 0 Å². The number of phenolic OH excluding ortho intramolecular Hbond substituents is 1.